The molecular formula is C24H31FN6O4. The Morgan fingerprint density at radius 3 is 2.63 bits per heavy atom. The van der Waals surface area contributed by atoms with E-state index in [2.05, 4.69) is 15.3 Å². The summed E-state index contributed by atoms with van der Waals surface area (Å²) in [5.41, 5.74) is 1.28. The van der Waals surface area contributed by atoms with Gasteiger partial charge in [-0.25, -0.2) is 4.39 Å². The van der Waals surface area contributed by atoms with Gasteiger partial charge in [0.2, 0.25) is 5.91 Å². The number of aromatic nitrogens is 2. The Balaban J connectivity index is 1.32. The van der Waals surface area contributed by atoms with E-state index < -0.39 is 5.91 Å². The number of nitrogens with one attached hydrogen (secondary N) is 1. The number of carbonyl (C=O) groups is 3. The van der Waals surface area contributed by atoms with Crippen LogP contribution in [0.25, 0.3) is 0 Å². The summed E-state index contributed by atoms with van der Waals surface area (Å²) in [4.78, 5) is 43.5. The lowest BCUT2D eigenvalue weighted by atomic mass is 10.2. The van der Waals surface area contributed by atoms with Crippen LogP contribution in [0.5, 0.6) is 0 Å². The fourth-order valence-electron chi connectivity index (χ4n) is 4.22. The number of benzene rings is 1. The second kappa shape index (κ2) is 11.4. The molecule has 1 fully saturated rings. The molecule has 1 aromatic heterocycles. The van der Waals surface area contributed by atoms with Gasteiger partial charge >= 0.3 is 0 Å². The lowest BCUT2D eigenvalue weighted by Crippen LogP contribution is -2.44. The number of amides is 3. The molecule has 0 saturated carbocycles. The van der Waals surface area contributed by atoms with Gasteiger partial charge in [-0.05, 0) is 24.1 Å². The van der Waals surface area contributed by atoms with E-state index in [9.17, 15) is 18.8 Å². The number of carbonyl (C=O) groups excluding carboxylic acids is 3. The summed E-state index contributed by atoms with van der Waals surface area (Å²) in [6.45, 7) is 5.60. The van der Waals surface area contributed by atoms with Gasteiger partial charge < -0.3 is 19.9 Å². The van der Waals surface area contributed by atoms with Gasteiger partial charge in [0.05, 0.1) is 19.8 Å². The van der Waals surface area contributed by atoms with Crippen molar-refractivity contribution >= 4 is 17.7 Å². The van der Waals surface area contributed by atoms with E-state index in [0.717, 1.165) is 25.2 Å². The summed E-state index contributed by atoms with van der Waals surface area (Å²) >= 11 is 0. The van der Waals surface area contributed by atoms with Gasteiger partial charge in [-0.2, -0.15) is 5.10 Å². The monoisotopic (exact) mass is 486 g/mol. The normalized spacial score (nSPS) is 16.5. The molecular weight excluding hydrogens is 455 g/mol. The molecule has 0 bridgehead atoms. The second-order valence-electron chi connectivity index (χ2n) is 8.81. The third-order valence-electron chi connectivity index (χ3n) is 6.17. The summed E-state index contributed by atoms with van der Waals surface area (Å²) in [5.74, 6) is -1.24. The minimum atomic E-state index is -0.424. The van der Waals surface area contributed by atoms with Crippen molar-refractivity contribution in [2.24, 2.45) is 0 Å². The quantitative estimate of drug-likeness (QED) is 0.586. The predicted molar refractivity (Wildman–Crippen MR) is 125 cm³/mol. The molecule has 11 heteroatoms. The molecule has 3 heterocycles. The van der Waals surface area contributed by atoms with E-state index in [1.807, 2.05) is 0 Å². The van der Waals surface area contributed by atoms with Crippen LogP contribution in [0.4, 0.5) is 4.39 Å². The SMILES string of the molecule is CN(CC(=O)NCCN1CCOCC1)C(=O)c1cc2n(n1)CCCN(Cc1ccc(F)cc1)C2=O. The lowest BCUT2D eigenvalue weighted by molar-refractivity contribution is -0.121. The average molecular weight is 487 g/mol. The van der Waals surface area contributed by atoms with E-state index in [4.69, 9.17) is 4.74 Å². The first-order valence-corrected chi connectivity index (χ1v) is 11.8. The highest BCUT2D eigenvalue weighted by molar-refractivity contribution is 5.99. The van der Waals surface area contributed by atoms with Gasteiger partial charge in [0.15, 0.2) is 5.69 Å². The average Bonchev–Trinajstić information content (AvgIpc) is 3.22. The molecule has 0 radical (unpaired) electrons. The third-order valence-corrected chi connectivity index (χ3v) is 6.17. The van der Waals surface area contributed by atoms with Crippen molar-refractivity contribution in [1.29, 1.82) is 0 Å². The summed E-state index contributed by atoms with van der Waals surface area (Å²) in [7, 11) is 1.54. The summed E-state index contributed by atoms with van der Waals surface area (Å²) in [6.07, 6.45) is 0.677. The maximum atomic E-state index is 13.2. The van der Waals surface area contributed by atoms with Gasteiger partial charge in [-0.15, -0.1) is 0 Å². The number of likely N-dealkylation sites (N-methyl/N-ethyl adjacent to an activating group) is 1. The summed E-state index contributed by atoms with van der Waals surface area (Å²) in [5, 5.41) is 7.18. The maximum Gasteiger partial charge on any atom is 0.274 e. The zero-order valence-electron chi connectivity index (χ0n) is 19.9. The van der Waals surface area contributed by atoms with E-state index in [1.54, 1.807) is 21.7 Å². The van der Waals surface area contributed by atoms with Gasteiger partial charge in [0.25, 0.3) is 11.8 Å². The van der Waals surface area contributed by atoms with Crippen LogP contribution in [0.15, 0.2) is 30.3 Å². The van der Waals surface area contributed by atoms with Crippen LogP contribution in [-0.2, 0) is 22.6 Å². The van der Waals surface area contributed by atoms with Gasteiger partial charge in [0, 0.05) is 58.9 Å². The van der Waals surface area contributed by atoms with Crippen molar-refractivity contribution in [3.05, 3.63) is 53.1 Å². The smallest absolute Gasteiger partial charge is 0.274 e. The Kier molecular flexibility index (Phi) is 8.09. The highest BCUT2D eigenvalue weighted by atomic mass is 19.1. The first-order chi connectivity index (χ1) is 16.9. The molecule has 1 N–H and O–H groups in total. The van der Waals surface area contributed by atoms with Crippen molar-refractivity contribution < 1.29 is 23.5 Å². The number of morpholine rings is 1. The molecule has 4 rings (SSSR count). The first kappa shape index (κ1) is 24.8. The number of aryl methyl sites for hydroxylation is 1. The molecule has 0 aliphatic carbocycles. The van der Waals surface area contributed by atoms with Gasteiger partial charge in [-0.1, -0.05) is 12.1 Å². The van der Waals surface area contributed by atoms with Crippen molar-refractivity contribution in [1.82, 2.24) is 29.8 Å². The Morgan fingerprint density at radius 1 is 1.14 bits per heavy atom. The van der Waals surface area contributed by atoms with Crippen LogP contribution in [0.1, 0.15) is 33.0 Å². The van der Waals surface area contributed by atoms with Gasteiger partial charge in [-0.3, -0.25) is 24.0 Å². The molecule has 1 aromatic carbocycles. The topological polar surface area (TPSA) is 100 Å². The number of nitrogens with zero attached hydrogens (tertiary/aromatic N) is 5. The number of halogens is 1. The van der Waals surface area contributed by atoms with Crippen molar-refractivity contribution in [3.63, 3.8) is 0 Å². The standard InChI is InChI=1S/C24H31FN6O4/c1-28(17-22(32)26-7-10-29-11-13-35-14-12-29)23(33)20-15-21-24(34)30(8-2-9-31(21)27-20)16-18-3-5-19(25)6-4-18/h3-6,15H,2,7-14,16-17H2,1H3,(H,26,32). The van der Waals surface area contributed by atoms with Crippen molar-refractivity contribution in [2.45, 2.75) is 19.5 Å². The minimum Gasteiger partial charge on any atom is -0.379 e. The predicted octanol–water partition coefficient (Wildman–Crippen LogP) is 0.589. The number of hydrogen-bond acceptors (Lipinski definition) is 6. The van der Waals surface area contributed by atoms with E-state index in [0.29, 0.717) is 51.5 Å². The van der Waals surface area contributed by atoms with Crippen molar-refractivity contribution in [3.8, 4) is 0 Å². The number of fused-ring (bicyclic) bond motifs is 1. The third kappa shape index (κ3) is 6.43. The number of hydrogen-bond donors (Lipinski definition) is 1. The first-order valence-electron chi connectivity index (χ1n) is 11.8. The maximum absolute atomic E-state index is 13.2. The highest BCUT2D eigenvalue weighted by Crippen LogP contribution is 2.17. The lowest BCUT2D eigenvalue weighted by Gasteiger charge is -2.26. The zero-order valence-corrected chi connectivity index (χ0v) is 19.9. The van der Waals surface area contributed by atoms with Crippen molar-refractivity contribution in [2.75, 3.05) is 59.5 Å². The fraction of sp³-hybridized carbons (Fsp3) is 0.500. The molecule has 2 aliphatic rings. The van der Waals surface area contributed by atoms with Gasteiger partial charge in [0.1, 0.15) is 11.5 Å². The van der Waals surface area contributed by atoms with E-state index in [-0.39, 0.29) is 29.9 Å². The summed E-state index contributed by atoms with van der Waals surface area (Å²) in [6, 6.07) is 7.53. The number of ether oxygens (including phenoxy) is 1. The molecule has 35 heavy (non-hydrogen) atoms. The molecule has 2 aromatic rings. The van der Waals surface area contributed by atoms with Crippen LogP contribution in [-0.4, -0.2) is 102 Å². The molecule has 10 nitrogen and oxygen atoms in total. The van der Waals surface area contributed by atoms with E-state index >= 15 is 0 Å². The second-order valence-corrected chi connectivity index (χ2v) is 8.81. The Labute approximate surface area is 203 Å². The Bertz CT molecular complexity index is 1050. The minimum absolute atomic E-state index is 0.102. The fourth-order valence-corrected chi connectivity index (χ4v) is 4.22. The molecule has 0 unspecified atom stereocenters. The largest absolute Gasteiger partial charge is 0.379 e. The molecule has 3 amide bonds. The Hall–Kier alpha value is -3.31. The van der Waals surface area contributed by atoms with Crippen LogP contribution in [0, 0.1) is 5.82 Å². The zero-order chi connectivity index (χ0) is 24.8. The van der Waals surface area contributed by atoms with E-state index in [1.165, 1.54) is 30.1 Å². The highest BCUT2D eigenvalue weighted by Gasteiger charge is 2.27. The van der Waals surface area contributed by atoms with Crippen LogP contribution >= 0.6 is 0 Å². The van der Waals surface area contributed by atoms with Crippen LogP contribution < -0.4 is 5.32 Å². The van der Waals surface area contributed by atoms with Crippen LogP contribution in [0.2, 0.25) is 0 Å². The summed E-state index contributed by atoms with van der Waals surface area (Å²) < 4.78 is 20.1. The Morgan fingerprint density at radius 2 is 1.89 bits per heavy atom. The molecule has 1 saturated heterocycles. The number of rotatable bonds is 8. The molecule has 2 aliphatic heterocycles. The van der Waals surface area contributed by atoms with Crippen LogP contribution in [0.3, 0.4) is 0 Å². The molecule has 188 valence electrons. The molecule has 0 spiro atoms. The molecule has 0 atom stereocenters.